The number of H-pyrrole nitrogens is 1. The monoisotopic (exact) mass is 352 g/mol. The molecule has 134 valence electrons. The van der Waals surface area contributed by atoms with E-state index in [1.54, 1.807) is 18.2 Å². The Labute approximate surface area is 152 Å². The van der Waals surface area contributed by atoms with E-state index in [4.69, 9.17) is 4.74 Å². The van der Waals surface area contributed by atoms with Crippen molar-refractivity contribution >= 4 is 29.5 Å². The van der Waals surface area contributed by atoms with Crippen LogP contribution in [0.1, 0.15) is 11.1 Å². The van der Waals surface area contributed by atoms with Gasteiger partial charge in [0.15, 0.2) is 0 Å². The van der Waals surface area contributed by atoms with Crippen LogP contribution < -0.4 is 10.8 Å². The number of benzene rings is 2. The molecule has 2 aromatic carbocycles. The molecule has 3 rings (SSSR count). The molecule has 1 heterocycles. The summed E-state index contributed by atoms with van der Waals surface area (Å²) < 4.78 is 4.93. The van der Waals surface area contributed by atoms with E-state index in [1.807, 2.05) is 36.5 Å². The van der Waals surface area contributed by atoms with Gasteiger partial charge in [0, 0.05) is 30.1 Å². The summed E-state index contributed by atoms with van der Waals surface area (Å²) in [6.45, 7) is 0.405. The topological polar surface area (TPSA) is 94.6 Å². The molecule has 0 aliphatic rings. The van der Waals surface area contributed by atoms with Gasteiger partial charge >= 0.3 is 13.1 Å². The van der Waals surface area contributed by atoms with Crippen molar-refractivity contribution in [3.8, 4) is 0 Å². The Morgan fingerprint density at radius 3 is 2.81 bits per heavy atom. The Morgan fingerprint density at radius 2 is 2.04 bits per heavy atom. The predicted molar refractivity (Wildman–Crippen MR) is 101 cm³/mol. The normalized spacial score (nSPS) is 12.1. The summed E-state index contributed by atoms with van der Waals surface area (Å²) in [6, 6.07) is 14.4. The first-order chi connectivity index (χ1) is 12.6. The van der Waals surface area contributed by atoms with Crippen LogP contribution in [0.5, 0.6) is 0 Å². The maximum absolute atomic E-state index is 12.2. The molecule has 0 radical (unpaired) electrons. The van der Waals surface area contributed by atoms with Crippen LogP contribution >= 0.6 is 0 Å². The van der Waals surface area contributed by atoms with Gasteiger partial charge in [-0.05, 0) is 22.7 Å². The van der Waals surface area contributed by atoms with Gasteiger partial charge in [-0.3, -0.25) is 4.79 Å². The number of aromatic nitrogens is 1. The summed E-state index contributed by atoms with van der Waals surface area (Å²) in [5.41, 5.74) is 3.32. The molecule has 0 amide bonds. The van der Waals surface area contributed by atoms with E-state index in [2.05, 4.69) is 10.3 Å². The van der Waals surface area contributed by atoms with Crippen LogP contribution in [-0.2, 0) is 22.5 Å². The van der Waals surface area contributed by atoms with Crippen LogP contribution in [-0.4, -0.2) is 41.3 Å². The third-order valence-corrected chi connectivity index (χ3v) is 4.39. The number of hydrogen-bond acceptors (Lipinski definition) is 5. The molecule has 26 heavy (non-hydrogen) atoms. The first-order valence-corrected chi connectivity index (χ1v) is 8.39. The van der Waals surface area contributed by atoms with E-state index >= 15 is 0 Å². The highest BCUT2D eigenvalue weighted by molar-refractivity contribution is 6.58. The van der Waals surface area contributed by atoms with Crippen molar-refractivity contribution in [2.24, 2.45) is 0 Å². The number of para-hydroxylation sites is 1. The zero-order chi connectivity index (χ0) is 18.5. The molecule has 4 N–H and O–H groups in total. The smallest absolute Gasteiger partial charge is 0.468 e. The van der Waals surface area contributed by atoms with Crippen molar-refractivity contribution in [1.82, 2.24) is 10.3 Å². The number of ether oxygens (including phenoxy) is 1. The summed E-state index contributed by atoms with van der Waals surface area (Å²) in [5, 5.41) is 22.8. The van der Waals surface area contributed by atoms with E-state index < -0.39 is 13.2 Å². The van der Waals surface area contributed by atoms with Crippen molar-refractivity contribution in [2.45, 2.75) is 19.0 Å². The van der Waals surface area contributed by atoms with Crippen LogP contribution in [0.25, 0.3) is 10.9 Å². The van der Waals surface area contributed by atoms with E-state index in [0.29, 0.717) is 18.4 Å². The quantitative estimate of drug-likeness (QED) is 0.371. The van der Waals surface area contributed by atoms with Crippen LogP contribution in [0, 0.1) is 0 Å². The standard InChI is InChI=1S/C19H21BN2O4/c1-26-19(23)18(10-14-12-22-17-8-3-2-7-16(14)17)21-11-13-5-4-6-15(9-13)20(24)25/h2-9,12,18,21-22,24-25H,10-11H2,1H3/t18-/m0/s1. The number of nitrogens with one attached hydrogen (secondary N) is 2. The summed E-state index contributed by atoms with van der Waals surface area (Å²) >= 11 is 0. The van der Waals surface area contributed by atoms with Gasteiger partial charge in [0.2, 0.25) is 0 Å². The molecule has 6 nitrogen and oxygen atoms in total. The minimum Gasteiger partial charge on any atom is -0.468 e. The Kier molecular flexibility index (Phi) is 5.73. The number of carbonyl (C=O) groups is 1. The minimum atomic E-state index is -1.52. The maximum atomic E-state index is 12.2. The highest BCUT2D eigenvalue weighted by Crippen LogP contribution is 2.19. The summed E-state index contributed by atoms with van der Waals surface area (Å²) in [5.74, 6) is -0.339. The molecular formula is C19H21BN2O4. The van der Waals surface area contributed by atoms with Crippen molar-refractivity contribution in [2.75, 3.05) is 7.11 Å². The van der Waals surface area contributed by atoms with Gasteiger partial charge in [-0.15, -0.1) is 0 Å². The number of methoxy groups -OCH3 is 1. The Balaban J connectivity index is 1.74. The molecule has 0 spiro atoms. The fourth-order valence-electron chi connectivity index (χ4n) is 3.01. The third kappa shape index (κ3) is 4.13. The number of rotatable bonds is 7. The van der Waals surface area contributed by atoms with Gasteiger partial charge in [0.25, 0.3) is 0 Å². The Morgan fingerprint density at radius 1 is 1.23 bits per heavy atom. The van der Waals surface area contributed by atoms with Gasteiger partial charge in [-0.2, -0.15) is 0 Å². The van der Waals surface area contributed by atoms with Gasteiger partial charge in [-0.25, -0.2) is 0 Å². The maximum Gasteiger partial charge on any atom is 0.488 e. The first-order valence-electron chi connectivity index (χ1n) is 8.39. The molecule has 1 atom stereocenters. The lowest BCUT2D eigenvalue weighted by Crippen LogP contribution is -2.39. The predicted octanol–water partition coefficient (Wildman–Crippen LogP) is 0.722. The lowest BCUT2D eigenvalue weighted by Gasteiger charge is -2.16. The molecule has 0 fully saturated rings. The second-order valence-corrected chi connectivity index (χ2v) is 6.14. The lowest BCUT2D eigenvalue weighted by atomic mass is 9.79. The number of fused-ring (bicyclic) bond motifs is 1. The van der Waals surface area contributed by atoms with Crippen molar-refractivity contribution < 1.29 is 19.6 Å². The van der Waals surface area contributed by atoms with E-state index in [0.717, 1.165) is 22.0 Å². The average Bonchev–Trinajstić information content (AvgIpc) is 3.07. The van der Waals surface area contributed by atoms with Crippen molar-refractivity contribution in [1.29, 1.82) is 0 Å². The Hall–Kier alpha value is -2.61. The molecule has 0 aliphatic carbocycles. The second kappa shape index (κ2) is 8.18. The number of carbonyl (C=O) groups excluding carboxylic acids is 1. The molecule has 0 aliphatic heterocycles. The summed E-state index contributed by atoms with van der Waals surface area (Å²) in [4.78, 5) is 15.4. The number of aromatic amines is 1. The molecule has 3 aromatic rings. The van der Waals surface area contributed by atoms with E-state index in [9.17, 15) is 14.8 Å². The van der Waals surface area contributed by atoms with Gasteiger partial charge in [0.1, 0.15) is 6.04 Å². The first kappa shape index (κ1) is 18.2. The van der Waals surface area contributed by atoms with Crippen LogP contribution in [0.4, 0.5) is 0 Å². The largest absolute Gasteiger partial charge is 0.488 e. The molecule has 0 bridgehead atoms. The van der Waals surface area contributed by atoms with Crippen LogP contribution in [0.3, 0.4) is 0 Å². The summed E-state index contributed by atoms with van der Waals surface area (Å²) in [6.07, 6.45) is 2.39. The second-order valence-electron chi connectivity index (χ2n) is 6.14. The molecule has 0 saturated carbocycles. The average molecular weight is 352 g/mol. The highest BCUT2D eigenvalue weighted by atomic mass is 16.5. The SMILES string of the molecule is COC(=O)[C@H](Cc1c[nH]c2ccccc12)NCc1cccc(B(O)O)c1. The van der Waals surface area contributed by atoms with Gasteiger partial charge in [-0.1, -0.05) is 42.5 Å². The lowest BCUT2D eigenvalue weighted by molar-refractivity contribution is -0.143. The fourth-order valence-corrected chi connectivity index (χ4v) is 3.01. The molecular weight excluding hydrogens is 331 g/mol. The molecule has 0 unspecified atom stereocenters. The minimum absolute atomic E-state index is 0.339. The fraction of sp³-hybridized carbons (Fsp3) is 0.211. The van der Waals surface area contributed by atoms with Crippen molar-refractivity contribution in [3.05, 3.63) is 65.9 Å². The van der Waals surface area contributed by atoms with Gasteiger partial charge < -0.3 is 25.1 Å². The number of esters is 1. The van der Waals surface area contributed by atoms with Gasteiger partial charge in [0.05, 0.1) is 7.11 Å². The highest BCUT2D eigenvalue weighted by Gasteiger charge is 2.21. The molecule has 0 saturated heterocycles. The van der Waals surface area contributed by atoms with E-state index in [-0.39, 0.29) is 5.97 Å². The number of hydrogen-bond donors (Lipinski definition) is 4. The zero-order valence-corrected chi connectivity index (χ0v) is 14.5. The van der Waals surface area contributed by atoms with Crippen molar-refractivity contribution in [3.63, 3.8) is 0 Å². The molecule has 1 aromatic heterocycles. The van der Waals surface area contributed by atoms with E-state index in [1.165, 1.54) is 7.11 Å². The third-order valence-electron chi connectivity index (χ3n) is 4.39. The zero-order valence-electron chi connectivity index (χ0n) is 14.5. The Bertz CT molecular complexity index is 894. The van der Waals surface area contributed by atoms with Crippen LogP contribution in [0.15, 0.2) is 54.7 Å². The molecule has 7 heteroatoms. The van der Waals surface area contributed by atoms with Crippen LogP contribution in [0.2, 0.25) is 0 Å². The summed E-state index contributed by atoms with van der Waals surface area (Å²) in [7, 11) is -0.146.